The van der Waals surface area contributed by atoms with Crippen LogP contribution in [0.5, 0.6) is 0 Å². The topological polar surface area (TPSA) is 79.5 Å². The zero-order valence-electron chi connectivity index (χ0n) is 15.3. The van der Waals surface area contributed by atoms with Crippen LogP contribution in [0.15, 0.2) is 47.5 Å². The van der Waals surface area contributed by atoms with Crippen LogP contribution < -0.4 is 16.4 Å². The summed E-state index contributed by atoms with van der Waals surface area (Å²) in [5.74, 6) is -0.0261. The summed E-state index contributed by atoms with van der Waals surface area (Å²) in [5.41, 5.74) is 8.15. The molecule has 1 unspecified atom stereocenters. The number of benzene rings is 2. The lowest BCUT2D eigenvalue weighted by Gasteiger charge is -2.18. The third-order valence-corrected chi connectivity index (χ3v) is 4.05. The van der Waals surface area contributed by atoms with E-state index in [9.17, 15) is 9.18 Å². The van der Waals surface area contributed by atoms with E-state index >= 15 is 0 Å². The van der Waals surface area contributed by atoms with Crippen molar-refractivity contribution in [2.45, 2.75) is 33.4 Å². The first-order chi connectivity index (χ1) is 12.4. The van der Waals surface area contributed by atoms with Crippen molar-refractivity contribution in [3.05, 3.63) is 70.5 Å². The fourth-order valence-electron chi connectivity index (χ4n) is 2.43. The molecule has 4 N–H and O–H groups in total. The van der Waals surface area contributed by atoms with Crippen LogP contribution in [0.2, 0.25) is 0 Å². The van der Waals surface area contributed by atoms with Crippen molar-refractivity contribution in [3.8, 4) is 0 Å². The van der Waals surface area contributed by atoms with Crippen molar-refractivity contribution < 1.29 is 9.18 Å². The van der Waals surface area contributed by atoms with Crippen LogP contribution in [0.1, 0.15) is 46.9 Å². The Labute approximate surface area is 153 Å². The maximum Gasteiger partial charge on any atom is 0.248 e. The number of nitrogens with two attached hydrogens (primary N) is 1. The second-order valence-corrected chi connectivity index (χ2v) is 6.13. The molecule has 0 saturated carbocycles. The number of rotatable bonds is 6. The molecule has 5 nitrogen and oxygen atoms in total. The van der Waals surface area contributed by atoms with Crippen LogP contribution >= 0.6 is 0 Å². The maximum atomic E-state index is 13.8. The number of amides is 1. The van der Waals surface area contributed by atoms with Crippen molar-refractivity contribution in [2.75, 3.05) is 6.54 Å². The molecule has 1 atom stereocenters. The molecule has 2 aromatic carbocycles. The SMILES string of the molecule is CCNC(=NCc1ccc(C(N)=O)cc1)NC(C)c1ccc(C)c(F)c1. The second kappa shape index (κ2) is 8.99. The van der Waals surface area contributed by atoms with E-state index in [1.165, 1.54) is 0 Å². The first-order valence-electron chi connectivity index (χ1n) is 8.60. The summed E-state index contributed by atoms with van der Waals surface area (Å²) in [5, 5.41) is 6.46. The maximum absolute atomic E-state index is 13.8. The van der Waals surface area contributed by atoms with Crippen LogP contribution in [-0.2, 0) is 6.54 Å². The van der Waals surface area contributed by atoms with Gasteiger partial charge in [-0.05, 0) is 55.7 Å². The highest BCUT2D eigenvalue weighted by Crippen LogP contribution is 2.16. The van der Waals surface area contributed by atoms with E-state index in [0.717, 1.165) is 11.1 Å². The first-order valence-corrected chi connectivity index (χ1v) is 8.60. The minimum atomic E-state index is -0.450. The number of carbonyl (C=O) groups excluding carboxylic acids is 1. The van der Waals surface area contributed by atoms with Crippen molar-refractivity contribution >= 4 is 11.9 Å². The van der Waals surface area contributed by atoms with Crippen molar-refractivity contribution in [1.82, 2.24) is 10.6 Å². The molecule has 138 valence electrons. The molecule has 0 saturated heterocycles. The molecular formula is C20H25FN4O. The van der Waals surface area contributed by atoms with Crippen LogP contribution in [0, 0.1) is 12.7 Å². The van der Waals surface area contributed by atoms with Gasteiger partial charge in [-0.1, -0.05) is 24.3 Å². The summed E-state index contributed by atoms with van der Waals surface area (Å²) < 4.78 is 13.8. The summed E-state index contributed by atoms with van der Waals surface area (Å²) in [4.78, 5) is 15.7. The van der Waals surface area contributed by atoms with E-state index in [4.69, 9.17) is 5.73 Å². The Balaban J connectivity index is 2.07. The summed E-state index contributed by atoms with van der Waals surface area (Å²) in [7, 11) is 0. The fourth-order valence-corrected chi connectivity index (χ4v) is 2.43. The summed E-state index contributed by atoms with van der Waals surface area (Å²) >= 11 is 0. The van der Waals surface area contributed by atoms with Gasteiger partial charge in [0.05, 0.1) is 12.6 Å². The van der Waals surface area contributed by atoms with Crippen LogP contribution in [-0.4, -0.2) is 18.4 Å². The predicted octanol–water partition coefficient (Wildman–Crippen LogP) is 3.05. The molecule has 0 fully saturated rings. The van der Waals surface area contributed by atoms with Gasteiger partial charge in [-0.15, -0.1) is 0 Å². The molecule has 2 aromatic rings. The highest BCUT2D eigenvalue weighted by molar-refractivity contribution is 5.92. The lowest BCUT2D eigenvalue weighted by Crippen LogP contribution is -2.38. The molecule has 0 radical (unpaired) electrons. The fraction of sp³-hybridized carbons (Fsp3) is 0.300. The minimum Gasteiger partial charge on any atom is -0.366 e. The number of carbonyl (C=O) groups is 1. The van der Waals surface area contributed by atoms with E-state index in [-0.39, 0.29) is 11.9 Å². The Morgan fingerprint density at radius 2 is 1.92 bits per heavy atom. The van der Waals surface area contributed by atoms with E-state index in [1.807, 2.05) is 32.0 Å². The molecule has 0 aliphatic heterocycles. The summed E-state index contributed by atoms with van der Waals surface area (Å²) in [6.45, 7) is 6.84. The molecule has 6 heteroatoms. The smallest absolute Gasteiger partial charge is 0.248 e. The highest BCUT2D eigenvalue weighted by Gasteiger charge is 2.10. The first kappa shape index (κ1) is 19.4. The van der Waals surface area contributed by atoms with Gasteiger partial charge in [-0.2, -0.15) is 0 Å². The normalized spacial score (nSPS) is 12.5. The number of nitrogens with one attached hydrogen (secondary N) is 2. The van der Waals surface area contributed by atoms with Gasteiger partial charge in [-0.3, -0.25) is 4.79 Å². The lowest BCUT2D eigenvalue weighted by atomic mass is 10.1. The molecule has 0 heterocycles. The summed E-state index contributed by atoms with van der Waals surface area (Å²) in [6, 6.07) is 12.1. The Morgan fingerprint density at radius 1 is 1.23 bits per heavy atom. The van der Waals surface area contributed by atoms with Gasteiger partial charge < -0.3 is 16.4 Å². The van der Waals surface area contributed by atoms with E-state index < -0.39 is 5.91 Å². The van der Waals surface area contributed by atoms with Crippen molar-refractivity contribution in [2.24, 2.45) is 10.7 Å². The molecule has 1 amide bonds. The number of aliphatic imine (C=N–C) groups is 1. The lowest BCUT2D eigenvalue weighted by molar-refractivity contribution is 0.100. The molecule has 26 heavy (non-hydrogen) atoms. The number of halogens is 1. The average Bonchev–Trinajstić information content (AvgIpc) is 2.62. The number of guanidine groups is 1. The Hall–Kier alpha value is -2.89. The minimum absolute atomic E-state index is 0.0971. The van der Waals surface area contributed by atoms with E-state index in [0.29, 0.717) is 30.2 Å². The molecule has 2 rings (SSSR count). The number of primary amides is 1. The standard InChI is InChI=1S/C20H25FN4O/c1-4-23-20(24-12-15-6-9-16(10-7-15)19(22)26)25-14(3)17-8-5-13(2)18(21)11-17/h5-11,14H,4,12H2,1-3H3,(H2,22,26)(H2,23,24,25). The Bertz CT molecular complexity index is 787. The van der Waals surface area contributed by atoms with E-state index in [1.54, 1.807) is 31.2 Å². The molecule has 0 aliphatic rings. The van der Waals surface area contributed by atoms with Gasteiger partial charge >= 0.3 is 0 Å². The Morgan fingerprint density at radius 3 is 2.50 bits per heavy atom. The largest absolute Gasteiger partial charge is 0.366 e. The van der Waals surface area contributed by atoms with Crippen LogP contribution in [0.3, 0.4) is 0 Å². The third-order valence-electron chi connectivity index (χ3n) is 4.05. The molecule has 0 spiro atoms. The number of aryl methyl sites for hydroxylation is 1. The number of hydrogen-bond acceptors (Lipinski definition) is 2. The Kier molecular flexibility index (Phi) is 6.72. The van der Waals surface area contributed by atoms with Gasteiger partial charge in [0.25, 0.3) is 0 Å². The van der Waals surface area contributed by atoms with Crippen molar-refractivity contribution in [3.63, 3.8) is 0 Å². The quantitative estimate of drug-likeness (QED) is 0.550. The van der Waals surface area contributed by atoms with Crippen LogP contribution in [0.25, 0.3) is 0 Å². The molecule has 0 aliphatic carbocycles. The van der Waals surface area contributed by atoms with Gasteiger partial charge in [0.2, 0.25) is 5.91 Å². The van der Waals surface area contributed by atoms with Crippen molar-refractivity contribution in [1.29, 1.82) is 0 Å². The van der Waals surface area contributed by atoms with Gasteiger partial charge in [0.1, 0.15) is 5.82 Å². The highest BCUT2D eigenvalue weighted by atomic mass is 19.1. The van der Waals surface area contributed by atoms with E-state index in [2.05, 4.69) is 15.6 Å². The number of nitrogens with zero attached hydrogens (tertiary/aromatic N) is 1. The van der Waals surface area contributed by atoms with Gasteiger partial charge in [0.15, 0.2) is 5.96 Å². The van der Waals surface area contributed by atoms with Gasteiger partial charge in [0, 0.05) is 12.1 Å². The molecule has 0 aromatic heterocycles. The van der Waals surface area contributed by atoms with Gasteiger partial charge in [-0.25, -0.2) is 9.38 Å². The number of hydrogen-bond donors (Lipinski definition) is 3. The third kappa shape index (κ3) is 5.31. The van der Waals surface area contributed by atoms with Crippen LogP contribution in [0.4, 0.5) is 4.39 Å². The summed E-state index contributed by atoms with van der Waals surface area (Å²) in [6.07, 6.45) is 0. The average molecular weight is 356 g/mol. The second-order valence-electron chi connectivity index (χ2n) is 6.13. The zero-order valence-corrected chi connectivity index (χ0v) is 15.3. The monoisotopic (exact) mass is 356 g/mol. The molecule has 0 bridgehead atoms. The molecular weight excluding hydrogens is 331 g/mol. The zero-order chi connectivity index (χ0) is 19.1. The predicted molar refractivity (Wildman–Crippen MR) is 102 cm³/mol.